The van der Waals surface area contributed by atoms with Gasteiger partial charge in [-0.1, -0.05) is 23.7 Å². The van der Waals surface area contributed by atoms with Gasteiger partial charge in [-0.05, 0) is 42.8 Å². The SMILES string of the molecule is Cc1c(N=CNC(=O)c2cccc(Cl)c2)cccc1NCCc1cnc[nH]1. The molecule has 3 aromatic rings. The van der Waals surface area contributed by atoms with Crippen LogP contribution in [0.2, 0.25) is 5.02 Å². The molecule has 6 nitrogen and oxygen atoms in total. The van der Waals surface area contributed by atoms with E-state index in [1.807, 2.05) is 31.3 Å². The van der Waals surface area contributed by atoms with Crippen molar-refractivity contribution in [3.8, 4) is 0 Å². The lowest BCUT2D eigenvalue weighted by molar-refractivity contribution is 0.0978. The van der Waals surface area contributed by atoms with Gasteiger partial charge in [-0.25, -0.2) is 9.98 Å². The maximum Gasteiger partial charge on any atom is 0.256 e. The van der Waals surface area contributed by atoms with Gasteiger partial charge in [0.2, 0.25) is 0 Å². The largest absolute Gasteiger partial charge is 0.384 e. The number of hydrogen-bond acceptors (Lipinski definition) is 4. The van der Waals surface area contributed by atoms with E-state index < -0.39 is 0 Å². The summed E-state index contributed by atoms with van der Waals surface area (Å²) in [5.74, 6) is -0.257. The third-order valence-corrected chi connectivity index (χ3v) is 4.29. The molecule has 1 amide bonds. The Labute approximate surface area is 162 Å². The van der Waals surface area contributed by atoms with E-state index in [2.05, 4.69) is 25.6 Å². The van der Waals surface area contributed by atoms with Crippen LogP contribution >= 0.6 is 11.6 Å². The highest BCUT2D eigenvalue weighted by molar-refractivity contribution is 6.31. The lowest BCUT2D eigenvalue weighted by atomic mass is 10.1. The molecule has 0 aliphatic carbocycles. The van der Waals surface area contributed by atoms with Crippen LogP contribution in [0.4, 0.5) is 11.4 Å². The van der Waals surface area contributed by atoms with Crippen LogP contribution in [0.1, 0.15) is 21.6 Å². The van der Waals surface area contributed by atoms with E-state index in [9.17, 15) is 4.79 Å². The van der Waals surface area contributed by atoms with E-state index in [1.54, 1.807) is 30.6 Å². The quantitative estimate of drug-likeness (QED) is 0.425. The topological polar surface area (TPSA) is 82.2 Å². The van der Waals surface area contributed by atoms with E-state index >= 15 is 0 Å². The van der Waals surface area contributed by atoms with Crippen LogP contribution in [0.15, 0.2) is 60.0 Å². The molecule has 0 radical (unpaired) electrons. The van der Waals surface area contributed by atoms with Gasteiger partial charge in [-0.15, -0.1) is 0 Å². The van der Waals surface area contributed by atoms with Gasteiger partial charge in [-0.2, -0.15) is 0 Å². The van der Waals surface area contributed by atoms with Crippen LogP contribution in [0.5, 0.6) is 0 Å². The second-order valence-corrected chi connectivity index (χ2v) is 6.38. The van der Waals surface area contributed by atoms with E-state index in [1.165, 1.54) is 6.34 Å². The summed E-state index contributed by atoms with van der Waals surface area (Å²) in [6, 6.07) is 12.6. The van der Waals surface area contributed by atoms with Gasteiger partial charge >= 0.3 is 0 Å². The minimum Gasteiger partial charge on any atom is -0.384 e. The first kappa shape index (κ1) is 18.7. The fourth-order valence-corrected chi connectivity index (χ4v) is 2.77. The molecule has 0 bridgehead atoms. The number of rotatable bonds is 7. The number of carbonyl (C=O) groups excluding carboxylic acids is 1. The molecule has 3 rings (SSSR count). The Morgan fingerprint density at radius 1 is 1.30 bits per heavy atom. The third kappa shape index (κ3) is 5.18. The van der Waals surface area contributed by atoms with Crippen LogP contribution in [0.25, 0.3) is 0 Å². The number of imidazole rings is 1. The molecule has 0 atom stereocenters. The van der Waals surface area contributed by atoms with Crippen molar-refractivity contribution < 1.29 is 4.79 Å². The maximum atomic E-state index is 12.1. The summed E-state index contributed by atoms with van der Waals surface area (Å²) >= 11 is 5.91. The van der Waals surface area contributed by atoms with Gasteiger partial charge in [0.1, 0.15) is 0 Å². The molecule has 0 saturated carbocycles. The Hall–Kier alpha value is -3.12. The second kappa shape index (κ2) is 9.00. The number of aromatic nitrogens is 2. The summed E-state index contributed by atoms with van der Waals surface area (Å²) < 4.78 is 0. The minimum atomic E-state index is -0.257. The zero-order valence-electron chi connectivity index (χ0n) is 14.9. The lowest BCUT2D eigenvalue weighted by Gasteiger charge is -2.10. The third-order valence-electron chi connectivity index (χ3n) is 4.06. The highest BCUT2D eigenvalue weighted by atomic mass is 35.5. The molecule has 138 valence electrons. The van der Waals surface area contributed by atoms with Crippen molar-refractivity contribution in [1.82, 2.24) is 15.3 Å². The van der Waals surface area contributed by atoms with Crippen LogP contribution in [-0.2, 0) is 6.42 Å². The number of hydrogen-bond donors (Lipinski definition) is 3. The predicted molar refractivity (Wildman–Crippen MR) is 109 cm³/mol. The summed E-state index contributed by atoms with van der Waals surface area (Å²) in [5, 5.41) is 6.58. The lowest BCUT2D eigenvalue weighted by Crippen LogP contribution is -2.21. The number of aliphatic imine (C=N–C) groups is 1. The Morgan fingerprint density at radius 2 is 2.15 bits per heavy atom. The van der Waals surface area contributed by atoms with Gasteiger partial charge in [0.25, 0.3) is 5.91 Å². The number of nitrogens with one attached hydrogen (secondary N) is 3. The number of carbonyl (C=O) groups is 1. The summed E-state index contributed by atoms with van der Waals surface area (Å²) in [6.07, 6.45) is 5.74. The summed E-state index contributed by atoms with van der Waals surface area (Å²) in [7, 11) is 0. The first-order chi connectivity index (χ1) is 13.1. The van der Waals surface area contributed by atoms with Crippen LogP contribution in [0.3, 0.4) is 0 Å². The van der Waals surface area contributed by atoms with Crippen molar-refractivity contribution in [1.29, 1.82) is 0 Å². The number of halogens is 1. The summed E-state index contributed by atoms with van der Waals surface area (Å²) in [6.45, 7) is 2.77. The van der Waals surface area contributed by atoms with Crippen molar-refractivity contribution in [2.24, 2.45) is 4.99 Å². The predicted octanol–water partition coefficient (Wildman–Crippen LogP) is 4.12. The van der Waals surface area contributed by atoms with Gasteiger partial charge in [-0.3, -0.25) is 4.79 Å². The number of H-pyrrole nitrogens is 1. The Bertz CT molecular complexity index is 937. The Morgan fingerprint density at radius 3 is 2.93 bits per heavy atom. The second-order valence-electron chi connectivity index (χ2n) is 5.95. The van der Waals surface area contributed by atoms with Gasteiger partial charge in [0, 0.05) is 41.1 Å². The van der Waals surface area contributed by atoms with E-state index in [0.717, 1.165) is 35.6 Å². The minimum absolute atomic E-state index is 0.257. The van der Waals surface area contributed by atoms with Crippen LogP contribution in [0, 0.1) is 6.92 Å². The molecule has 7 heteroatoms. The van der Waals surface area contributed by atoms with Gasteiger partial charge in [0.05, 0.1) is 18.4 Å². The van der Waals surface area contributed by atoms with Crippen LogP contribution < -0.4 is 10.6 Å². The molecule has 0 unspecified atom stereocenters. The monoisotopic (exact) mass is 381 g/mol. The molecule has 0 fully saturated rings. The molecular formula is C20H20ClN5O. The van der Waals surface area contributed by atoms with Gasteiger partial charge in [0.15, 0.2) is 0 Å². The molecular weight excluding hydrogens is 362 g/mol. The van der Waals surface area contributed by atoms with Gasteiger partial charge < -0.3 is 15.6 Å². The zero-order chi connectivity index (χ0) is 19.1. The standard InChI is InChI=1S/C20H20ClN5O/c1-14-18(23-9-8-17-11-22-12-24-17)6-3-7-19(14)25-13-26-20(27)15-4-2-5-16(21)10-15/h2-7,10-13,23H,8-9H2,1H3,(H,22,24)(H,25,26,27). The summed E-state index contributed by atoms with van der Waals surface area (Å²) in [4.78, 5) is 23.6. The maximum absolute atomic E-state index is 12.1. The number of benzene rings is 2. The molecule has 1 aromatic heterocycles. The zero-order valence-corrected chi connectivity index (χ0v) is 15.6. The summed E-state index contributed by atoms with van der Waals surface area (Å²) in [5.41, 5.74) is 4.37. The van der Waals surface area contributed by atoms with Crippen molar-refractivity contribution in [2.75, 3.05) is 11.9 Å². The van der Waals surface area contributed by atoms with E-state index in [4.69, 9.17) is 11.6 Å². The average Bonchev–Trinajstić information content (AvgIpc) is 3.18. The fourth-order valence-electron chi connectivity index (χ4n) is 2.58. The van der Waals surface area contributed by atoms with E-state index in [0.29, 0.717) is 10.6 Å². The van der Waals surface area contributed by atoms with Crippen molar-refractivity contribution >= 4 is 35.2 Å². The highest BCUT2D eigenvalue weighted by Gasteiger charge is 2.05. The number of amides is 1. The molecule has 0 saturated heterocycles. The molecule has 2 aromatic carbocycles. The van der Waals surface area contributed by atoms with E-state index in [-0.39, 0.29) is 5.91 Å². The molecule has 0 aliphatic rings. The fraction of sp³-hybridized carbons (Fsp3) is 0.150. The van der Waals surface area contributed by atoms with Crippen LogP contribution in [-0.4, -0.2) is 28.8 Å². The first-order valence-corrected chi connectivity index (χ1v) is 8.91. The Balaban J connectivity index is 1.59. The number of aromatic amines is 1. The normalized spacial score (nSPS) is 10.9. The number of anilines is 1. The highest BCUT2D eigenvalue weighted by Crippen LogP contribution is 2.25. The smallest absolute Gasteiger partial charge is 0.256 e. The number of nitrogens with zero attached hydrogens (tertiary/aromatic N) is 2. The van der Waals surface area contributed by atoms with Crippen molar-refractivity contribution in [3.63, 3.8) is 0 Å². The molecule has 27 heavy (non-hydrogen) atoms. The molecule has 3 N–H and O–H groups in total. The average molecular weight is 382 g/mol. The van der Waals surface area contributed by atoms with Crippen molar-refractivity contribution in [2.45, 2.75) is 13.3 Å². The molecule has 0 aliphatic heterocycles. The first-order valence-electron chi connectivity index (χ1n) is 8.53. The Kier molecular flexibility index (Phi) is 6.22. The molecule has 1 heterocycles. The van der Waals surface area contributed by atoms with Crippen molar-refractivity contribution in [3.05, 3.63) is 76.8 Å². The molecule has 0 spiro atoms.